The third kappa shape index (κ3) is 5.01. The van der Waals surface area contributed by atoms with Gasteiger partial charge in [-0.1, -0.05) is 36.4 Å². The molecule has 0 aliphatic rings. The second kappa shape index (κ2) is 8.53. The summed E-state index contributed by atoms with van der Waals surface area (Å²) in [6, 6.07) is 12.0. The Kier molecular flexibility index (Phi) is 6.27. The summed E-state index contributed by atoms with van der Waals surface area (Å²) in [5, 5.41) is 0. The van der Waals surface area contributed by atoms with Crippen LogP contribution in [0.25, 0.3) is 11.1 Å². The van der Waals surface area contributed by atoms with E-state index >= 15 is 0 Å². The molecular formula is C22H14F9NO. The van der Waals surface area contributed by atoms with Crippen LogP contribution in [0, 0.1) is 0 Å². The van der Waals surface area contributed by atoms with Gasteiger partial charge in [-0.25, -0.2) is 4.39 Å². The van der Waals surface area contributed by atoms with Crippen molar-refractivity contribution in [1.29, 1.82) is 0 Å². The molecule has 0 heterocycles. The molecule has 0 spiro atoms. The molecule has 1 unspecified atom stereocenters. The lowest BCUT2D eigenvalue weighted by Gasteiger charge is -2.25. The van der Waals surface area contributed by atoms with Crippen LogP contribution < -0.4 is 10.5 Å². The number of nitrogen functional groups attached to an aromatic ring is 1. The standard InChI is InChI=1S/C22H14F9NO/c23-19(20(24,25)22(29,30)31)16-4-2-1-3-15(16)12-5-8-14(9-6-12)33-18-10-7-13(32)11-17(18)21(26,27)28/h1-11,19H,32H2. The van der Waals surface area contributed by atoms with E-state index in [1.165, 1.54) is 24.3 Å². The van der Waals surface area contributed by atoms with Crippen LogP contribution in [-0.2, 0) is 6.18 Å². The summed E-state index contributed by atoms with van der Waals surface area (Å²) in [5.74, 6) is -6.28. The topological polar surface area (TPSA) is 35.2 Å². The van der Waals surface area contributed by atoms with Gasteiger partial charge in [0.1, 0.15) is 17.1 Å². The van der Waals surface area contributed by atoms with E-state index in [1.54, 1.807) is 0 Å². The molecule has 0 saturated carbocycles. The highest BCUT2D eigenvalue weighted by atomic mass is 19.4. The number of ether oxygens (including phenoxy) is 1. The van der Waals surface area contributed by atoms with Crippen molar-refractivity contribution in [3.63, 3.8) is 0 Å². The van der Waals surface area contributed by atoms with Gasteiger partial charge in [0.2, 0.25) is 0 Å². The Morgan fingerprint density at radius 3 is 1.94 bits per heavy atom. The first-order chi connectivity index (χ1) is 15.2. The smallest absolute Gasteiger partial charge is 0.456 e. The van der Waals surface area contributed by atoms with Crippen LogP contribution in [0.2, 0.25) is 0 Å². The first-order valence-electron chi connectivity index (χ1n) is 9.14. The van der Waals surface area contributed by atoms with Gasteiger partial charge < -0.3 is 10.5 Å². The summed E-state index contributed by atoms with van der Waals surface area (Å²) in [7, 11) is 0. The van der Waals surface area contributed by atoms with Crippen LogP contribution in [-0.4, -0.2) is 12.1 Å². The second-order valence-electron chi connectivity index (χ2n) is 6.95. The second-order valence-corrected chi connectivity index (χ2v) is 6.95. The van der Waals surface area contributed by atoms with Crippen LogP contribution in [0.5, 0.6) is 11.5 Å². The van der Waals surface area contributed by atoms with Crippen LogP contribution >= 0.6 is 0 Å². The Balaban J connectivity index is 1.93. The van der Waals surface area contributed by atoms with E-state index in [0.29, 0.717) is 6.07 Å². The van der Waals surface area contributed by atoms with Crippen molar-refractivity contribution in [3.05, 3.63) is 77.9 Å². The summed E-state index contributed by atoms with van der Waals surface area (Å²) in [4.78, 5) is 0. The van der Waals surface area contributed by atoms with E-state index in [9.17, 15) is 39.5 Å². The minimum Gasteiger partial charge on any atom is -0.457 e. The minimum atomic E-state index is -6.10. The zero-order chi connectivity index (χ0) is 24.6. The van der Waals surface area contributed by atoms with E-state index in [2.05, 4.69) is 0 Å². The van der Waals surface area contributed by atoms with E-state index in [0.717, 1.165) is 36.4 Å². The normalized spacial score (nSPS) is 13.6. The molecule has 0 aliphatic carbocycles. The van der Waals surface area contributed by atoms with E-state index in [4.69, 9.17) is 10.5 Å². The lowest BCUT2D eigenvalue weighted by atomic mass is 9.94. The fourth-order valence-electron chi connectivity index (χ4n) is 3.01. The Hall–Kier alpha value is -3.37. The number of nitrogens with two attached hydrogens (primary N) is 1. The predicted molar refractivity (Wildman–Crippen MR) is 103 cm³/mol. The first kappa shape index (κ1) is 24.3. The zero-order valence-corrected chi connectivity index (χ0v) is 16.3. The highest BCUT2D eigenvalue weighted by Gasteiger charge is 2.63. The zero-order valence-electron chi connectivity index (χ0n) is 16.3. The van der Waals surface area contributed by atoms with Crippen LogP contribution in [0.1, 0.15) is 17.3 Å². The van der Waals surface area contributed by atoms with Gasteiger partial charge in [0.15, 0.2) is 6.17 Å². The van der Waals surface area contributed by atoms with Gasteiger partial charge in [0.25, 0.3) is 0 Å². The number of alkyl halides is 9. The SMILES string of the molecule is Nc1ccc(Oc2ccc(-c3ccccc3C(F)C(F)(F)C(F)(F)F)cc2)c(C(F)(F)F)c1. The maximum Gasteiger partial charge on any atom is 0.456 e. The summed E-state index contributed by atoms with van der Waals surface area (Å²) >= 11 is 0. The van der Waals surface area contributed by atoms with Gasteiger partial charge in [-0.05, 0) is 41.5 Å². The molecular weight excluding hydrogens is 465 g/mol. The fourth-order valence-corrected chi connectivity index (χ4v) is 3.01. The molecule has 3 rings (SSSR count). The number of rotatable bonds is 5. The molecule has 33 heavy (non-hydrogen) atoms. The Bertz CT molecular complexity index is 1120. The molecule has 176 valence electrons. The molecule has 0 bridgehead atoms. The third-order valence-electron chi connectivity index (χ3n) is 4.63. The van der Waals surface area contributed by atoms with Crippen molar-refractivity contribution >= 4 is 5.69 Å². The monoisotopic (exact) mass is 479 g/mol. The summed E-state index contributed by atoms with van der Waals surface area (Å²) < 4.78 is 124. The van der Waals surface area contributed by atoms with Crippen molar-refractivity contribution < 1.29 is 44.3 Å². The number of anilines is 1. The Labute approximate surface area is 181 Å². The predicted octanol–water partition coefficient (Wildman–Crippen LogP) is 7.96. The van der Waals surface area contributed by atoms with Crippen molar-refractivity contribution in [1.82, 2.24) is 0 Å². The maximum absolute atomic E-state index is 14.3. The van der Waals surface area contributed by atoms with Gasteiger partial charge in [0, 0.05) is 11.3 Å². The molecule has 3 aromatic rings. The third-order valence-corrected chi connectivity index (χ3v) is 4.63. The molecule has 1 atom stereocenters. The summed E-state index contributed by atoms with van der Waals surface area (Å²) in [5.41, 5.74) is 3.02. The largest absolute Gasteiger partial charge is 0.457 e. The maximum atomic E-state index is 14.3. The van der Waals surface area contributed by atoms with E-state index in [-0.39, 0.29) is 22.6 Å². The van der Waals surface area contributed by atoms with Crippen LogP contribution in [0.15, 0.2) is 66.7 Å². The van der Waals surface area contributed by atoms with Crippen molar-refractivity contribution in [2.45, 2.75) is 24.4 Å². The molecule has 0 saturated heterocycles. The van der Waals surface area contributed by atoms with E-state index in [1.807, 2.05) is 0 Å². The number of halogens is 9. The van der Waals surface area contributed by atoms with Crippen molar-refractivity contribution in [2.24, 2.45) is 0 Å². The Morgan fingerprint density at radius 1 is 0.758 bits per heavy atom. The quantitative estimate of drug-likeness (QED) is 0.298. The molecule has 11 heteroatoms. The fraction of sp³-hybridized carbons (Fsp3) is 0.182. The highest BCUT2D eigenvalue weighted by Crippen LogP contribution is 2.48. The van der Waals surface area contributed by atoms with Gasteiger partial charge in [-0.15, -0.1) is 0 Å². The summed E-state index contributed by atoms with van der Waals surface area (Å²) in [6.07, 6.45) is -14.5. The molecule has 0 fully saturated rings. The lowest BCUT2D eigenvalue weighted by Crippen LogP contribution is -2.40. The molecule has 2 N–H and O–H groups in total. The average molecular weight is 479 g/mol. The van der Waals surface area contributed by atoms with Crippen molar-refractivity contribution in [2.75, 3.05) is 5.73 Å². The van der Waals surface area contributed by atoms with Gasteiger partial charge in [-0.3, -0.25) is 0 Å². The van der Waals surface area contributed by atoms with Gasteiger partial charge in [-0.2, -0.15) is 35.1 Å². The van der Waals surface area contributed by atoms with Crippen molar-refractivity contribution in [3.8, 4) is 22.6 Å². The van der Waals surface area contributed by atoms with Crippen LogP contribution in [0.3, 0.4) is 0 Å². The first-order valence-corrected chi connectivity index (χ1v) is 9.14. The van der Waals surface area contributed by atoms with Gasteiger partial charge in [0.05, 0.1) is 0 Å². The number of hydrogen-bond acceptors (Lipinski definition) is 2. The molecule has 2 nitrogen and oxygen atoms in total. The molecule has 0 aromatic heterocycles. The Morgan fingerprint density at radius 2 is 1.36 bits per heavy atom. The highest BCUT2D eigenvalue weighted by molar-refractivity contribution is 5.69. The summed E-state index contributed by atoms with van der Waals surface area (Å²) in [6.45, 7) is 0. The number of benzene rings is 3. The molecule has 3 aromatic carbocycles. The molecule has 0 radical (unpaired) electrons. The molecule has 0 amide bonds. The molecule has 0 aliphatic heterocycles. The van der Waals surface area contributed by atoms with Gasteiger partial charge >= 0.3 is 18.3 Å². The van der Waals surface area contributed by atoms with E-state index < -0.39 is 41.3 Å². The number of hydrogen-bond donors (Lipinski definition) is 1. The average Bonchev–Trinajstić information content (AvgIpc) is 2.73. The van der Waals surface area contributed by atoms with Crippen LogP contribution in [0.4, 0.5) is 45.2 Å². The lowest BCUT2D eigenvalue weighted by molar-refractivity contribution is -0.305. The minimum absolute atomic E-state index is 0.0481.